The zero-order valence-corrected chi connectivity index (χ0v) is 60.0. The molecule has 1 atom stereocenters. The summed E-state index contributed by atoms with van der Waals surface area (Å²) in [6, 6.07) is 26.8. The van der Waals surface area contributed by atoms with Crippen LogP contribution in [0.1, 0.15) is 268 Å². The van der Waals surface area contributed by atoms with E-state index in [0.29, 0.717) is 30.1 Å². The summed E-state index contributed by atoms with van der Waals surface area (Å²) in [5, 5.41) is 17.1. The number of rotatable bonds is 15. The predicted molar refractivity (Wildman–Crippen MR) is 373 cm³/mol. The molecule has 0 radical (unpaired) electrons. The van der Waals surface area contributed by atoms with Gasteiger partial charge in [0.05, 0.1) is 6.33 Å². The predicted octanol–water partition coefficient (Wildman–Crippen LogP) is 24.4. The first kappa shape index (κ1) is 88.6. The number of aliphatic hydroxyl groups excluding tert-OH is 1. The zero-order valence-electron chi connectivity index (χ0n) is 60.0. The van der Waals surface area contributed by atoms with Crippen molar-refractivity contribution in [2.24, 2.45) is 82.9 Å². The number of nitrogens with one attached hydrogen (secondary N) is 1. The summed E-state index contributed by atoms with van der Waals surface area (Å²) >= 11 is 0. The Bertz CT molecular complexity index is 1810. The Balaban J connectivity index is -0.000000195. The number of imidazole rings is 1. The number of benzene rings is 3. The molecule has 0 fully saturated rings. The van der Waals surface area contributed by atoms with Crippen molar-refractivity contribution in [2.45, 2.75) is 266 Å². The summed E-state index contributed by atoms with van der Waals surface area (Å²) in [6.07, 6.45) is 15.6. The lowest BCUT2D eigenvalue weighted by molar-refractivity contribution is 0.248. The molecule has 4 nitrogen and oxygen atoms in total. The van der Waals surface area contributed by atoms with Gasteiger partial charge in [0.1, 0.15) is 5.75 Å². The number of phenolic OH excluding ortho intramolecular Hbond substituents is 1. The average molecular weight is 1130 g/mol. The van der Waals surface area contributed by atoms with Gasteiger partial charge in [0.2, 0.25) is 0 Å². The van der Waals surface area contributed by atoms with Gasteiger partial charge in [-0.1, -0.05) is 300 Å². The number of H-pyrrole nitrogens is 1. The third-order valence-electron chi connectivity index (χ3n) is 12.6. The number of hydrogen-bond donors (Lipinski definition) is 3. The molecule has 474 valence electrons. The van der Waals surface area contributed by atoms with Gasteiger partial charge in [-0.15, -0.1) is 0 Å². The van der Waals surface area contributed by atoms with Crippen molar-refractivity contribution in [1.82, 2.24) is 9.97 Å². The molecule has 0 spiro atoms. The molecule has 0 saturated heterocycles. The average Bonchev–Trinajstić information content (AvgIpc) is 4.02. The summed E-state index contributed by atoms with van der Waals surface area (Å²) < 4.78 is 0. The zero-order chi connectivity index (χ0) is 64.2. The van der Waals surface area contributed by atoms with Crippen molar-refractivity contribution >= 4 is 5.57 Å². The van der Waals surface area contributed by atoms with Gasteiger partial charge in [-0.25, -0.2) is 4.98 Å². The topological polar surface area (TPSA) is 69.1 Å². The Labute approximate surface area is 509 Å². The molecular formula is C77H144N2O2. The van der Waals surface area contributed by atoms with Gasteiger partial charge in [0, 0.05) is 18.5 Å². The summed E-state index contributed by atoms with van der Waals surface area (Å²) in [4.78, 5) is 6.98. The number of fused-ring (bicyclic) bond motifs is 1. The standard InChI is InChI=1S/C13H16.C10H14O.C10H14.C7H12N2.2C7H16.2C6H14.C4H10O.C4H10.C3H8/c1-10(2)9-12-8-7-11-5-3-4-6-13(11)12;1-8(2)7-9-3-5-10(11)6-4-9;1-9(2)8-10-6-4-3-5-7-10;1-6(2)3-7-4-8-5-9-7;1-6(2)5-7(3)4;1-5-7(4)6(2)3;2*1-5(2)6(3)4;1-4(2)3-5;1-4(2)3;1-3-2/h3-6,8,10H,7,9H2,1-2H3;3-6,8,11H,7H2,1-2H3;3-7,9H,8H2,1-2H3;4-6H,3H2,1-2H3,(H,8,9);2*6-7H,5H2,1-4H3;2*5-6H,1-4H3;4-5H,3H2,1-2H3;4H,1-3H3;3H2,1-2H3. The van der Waals surface area contributed by atoms with Gasteiger partial charge >= 0.3 is 0 Å². The second-order valence-corrected chi connectivity index (χ2v) is 27.9. The number of aromatic nitrogens is 2. The van der Waals surface area contributed by atoms with E-state index in [2.05, 4.69) is 271 Å². The molecule has 0 amide bonds. The molecule has 1 aliphatic rings. The number of aromatic amines is 1. The molecule has 1 unspecified atom stereocenters. The molecule has 0 aliphatic heterocycles. The van der Waals surface area contributed by atoms with Gasteiger partial charge in [-0.2, -0.15) is 0 Å². The Morgan fingerprint density at radius 3 is 1.10 bits per heavy atom. The summed E-state index contributed by atoms with van der Waals surface area (Å²) in [7, 11) is 0. The van der Waals surface area contributed by atoms with E-state index in [-0.39, 0.29) is 0 Å². The van der Waals surface area contributed by atoms with Crippen molar-refractivity contribution in [3.05, 3.63) is 125 Å². The SMILES string of the molecule is CC(C)C.CC(C)C(C)C.CC(C)C(C)C.CC(C)CC(C)C.CC(C)CC1=CCc2ccccc21.CC(C)CO.CC(C)Cc1ccc(O)cc1.CC(C)Cc1ccccc1.CC(C)Cc1cnc[nH]1.CCC.CCC(C)C(C)C. The first-order valence-corrected chi connectivity index (χ1v) is 32.7. The van der Waals surface area contributed by atoms with Crippen molar-refractivity contribution in [3.8, 4) is 5.75 Å². The van der Waals surface area contributed by atoms with E-state index in [1.165, 1.54) is 60.1 Å². The van der Waals surface area contributed by atoms with Crippen LogP contribution >= 0.6 is 0 Å². The molecule has 0 saturated carbocycles. The monoisotopic (exact) mass is 1130 g/mol. The first-order chi connectivity index (χ1) is 37.5. The minimum absolute atomic E-state index is 0.306. The fourth-order valence-corrected chi connectivity index (χ4v) is 6.43. The second-order valence-electron chi connectivity index (χ2n) is 27.9. The van der Waals surface area contributed by atoms with Gasteiger partial charge in [-0.05, 0) is 161 Å². The third kappa shape index (κ3) is 70.6. The number of nitrogens with zero attached hydrogens (tertiary/aromatic N) is 1. The van der Waals surface area contributed by atoms with E-state index in [1.54, 1.807) is 24.0 Å². The Hall–Kier alpha value is -3.63. The fraction of sp³-hybridized carbons (Fsp3) is 0.701. The first-order valence-electron chi connectivity index (χ1n) is 32.7. The molecule has 0 bridgehead atoms. The van der Waals surface area contributed by atoms with Crippen molar-refractivity contribution in [1.29, 1.82) is 0 Å². The molecule has 3 aromatic carbocycles. The maximum absolute atomic E-state index is 8.99. The molecule has 1 aliphatic carbocycles. The maximum Gasteiger partial charge on any atom is 0.115 e. The van der Waals surface area contributed by atoms with Crippen LogP contribution in [0, 0.1) is 82.9 Å². The van der Waals surface area contributed by atoms with Gasteiger partial charge in [0.25, 0.3) is 0 Å². The molecule has 1 heterocycles. The highest BCUT2D eigenvalue weighted by atomic mass is 16.3. The molecule has 5 rings (SSSR count). The second kappa shape index (κ2) is 58.2. The van der Waals surface area contributed by atoms with Gasteiger partial charge in [0.15, 0.2) is 0 Å². The van der Waals surface area contributed by atoms with E-state index in [1.807, 2.05) is 32.2 Å². The van der Waals surface area contributed by atoms with Gasteiger partial charge < -0.3 is 15.2 Å². The smallest absolute Gasteiger partial charge is 0.115 e. The van der Waals surface area contributed by atoms with E-state index in [9.17, 15) is 0 Å². The largest absolute Gasteiger partial charge is 0.508 e. The van der Waals surface area contributed by atoms with Crippen LogP contribution in [0.25, 0.3) is 5.57 Å². The van der Waals surface area contributed by atoms with E-state index < -0.39 is 0 Å². The lowest BCUT2D eigenvalue weighted by atomic mass is 9.96. The highest BCUT2D eigenvalue weighted by Crippen LogP contribution is 2.31. The van der Waals surface area contributed by atoms with Crippen LogP contribution in [0.3, 0.4) is 0 Å². The van der Waals surface area contributed by atoms with Crippen molar-refractivity contribution in [2.75, 3.05) is 6.61 Å². The maximum atomic E-state index is 8.99. The summed E-state index contributed by atoms with van der Waals surface area (Å²) in [5.74, 6) is 11.5. The van der Waals surface area contributed by atoms with Gasteiger partial charge in [-0.3, -0.25) is 0 Å². The quantitative estimate of drug-likeness (QED) is 0.111. The number of allylic oxidation sites excluding steroid dienone is 2. The summed E-state index contributed by atoms with van der Waals surface area (Å²) in [5.41, 5.74) is 8.49. The highest BCUT2D eigenvalue weighted by molar-refractivity contribution is 5.73. The Morgan fingerprint density at radius 2 is 0.815 bits per heavy atom. The molecular weight excluding hydrogens is 985 g/mol. The van der Waals surface area contributed by atoms with Crippen molar-refractivity contribution < 1.29 is 10.2 Å². The van der Waals surface area contributed by atoms with Crippen LogP contribution in [0.15, 0.2) is 97.5 Å². The lowest BCUT2D eigenvalue weighted by Crippen LogP contribution is -2.00. The number of aliphatic hydroxyl groups is 1. The van der Waals surface area contributed by atoms with Crippen LogP contribution in [0.2, 0.25) is 0 Å². The van der Waals surface area contributed by atoms with Crippen LogP contribution in [0.4, 0.5) is 0 Å². The molecule has 81 heavy (non-hydrogen) atoms. The van der Waals surface area contributed by atoms with Crippen LogP contribution in [-0.4, -0.2) is 26.8 Å². The normalized spacial score (nSPS) is 11.3. The minimum atomic E-state index is 0.306. The number of phenols is 1. The van der Waals surface area contributed by atoms with Crippen LogP contribution < -0.4 is 0 Å². The number of hydrogen-bond acceptors (Lipinski definition) is 3. The van der Waals surface area contributed by atoms with Crippen LogP contribution in [0.5, 0.6) is 5.75 Å². The number of aromatic hydroxyl groups is 1. The molecule has 3 N–H and O–H groups in total. The molecule has 4 aromatic rings. The lowest BCUT2D eigenvalue weighted by Gasteiger charge is -2.10. The Kier molecular flexibility index (Phi) is 63.6. The van der Waals surface area contributed by atoms with Crippen LogP contribution in [-0.2, 0) is 25.7 Å². The molecule has 1 aromatic heterocycles. The van der Waals surface area contributed by atoms with E-state index >= 15 is 0 Å². The summed E-state index contributed by atoms with van der Waals surface area (Å²) in [6.45, 7) is 68.9. The highest BCUT2D eigenvalue weighted by Gasteiger charge is 2.13. The Morgan fingerprint density at radius 1 is 0.444 bits per heavy atom. The van der Waals surface area contributed by atoms with Crippen molar-refractivity contribution in [3.63, 3.8) is 0 Å². The van der Waals surface area contributed by atoms with E-state index in [0.717, 1.165) is 84.4 Å². The minimum Gasteiger partial charge on any atom is -0.508 e. The third-order valence-corrected chi connectivity index (χ3v) is 12.6. The molecule has 4 heteroatoms. The fourth-order valence-electron chi connectivity index (χ4n) is 6.43. The van der Waals surface area contributed by atoms with E-state index in [4.69, 9.17) is 10.2 Å².